The van der Waals surface area contributed by atoms with Crippen LogP contribution in [0.15, 0.2) is 25.5 Å². The van der Waals surface area contributed by atoms with Crippen molar-refractivity contribution in [1.82, 2.24) is 10.2 Å². The van der Waals surface area contributed by atoms with E-state index >= 15 is 0 Å². The molecule has 7 heteroatoms. The van der Waals surface area contributed by atoms with Crippen molar-refractivity contribution in [1.29, 1.82) is 0 Å². The van der Waals surface area contributed by atoms with E-state index in [2.05, 4.69) is 32.9 Å². The molecule has 0 spiro atoms. The average Bonchev–Trinajstić information content (AvgIpc) is 2.63. The third-order valence-electron chi connectivity index (χ3n) is 2.75. The van der Waals surface area contributed by atoms with E-state index in [4.69, 9.17) is 16.3 Å². The normalized spacial score (nSPS) is 21.6. The fourth-order valence-electron chi connectivity index (χ4n) is 2.00. The van der Waals surface area contributed by atoms with Gasteiger partial charge in [-0.1, -0.05) is 11.6 Å². The van der Waals surface area contributed by atoms with E-state index in [9.17, 15) is 4.79 Å². The molecule has 0 aliphatic carbocycles. The molecule has 1 N–H and O–H groups in total. The second-order valence-corrected chi connectivity index (χ2v) is 7.12. The summed E-state index contributed by atoms with van der Waals surface area (Å²) in [6.07, 6.45) is 3.73. The second-order valence-electron chi connectivity index (χ2n) is 5.58. The first-order valence-corrected chi connectivity index (χ1v) is 7.77. The number of hydrogen-bond acceptors (Lipinski definition) is 5. The van der Waals surface area contributed by atoms with Crippen LogP contribution >= 0.6 is 34.2 Å². The van der Waals surface area contributed by atoms with Crippen LogP contribution in [0, 0.1) is 0 Å². The molecule has 2 aliphatic heterocycles. The summed E-state index contributed by atoms with van der Waals surface area (Å²) in [5, 5.41) is 3.48. The Morgan fingerprint density at radius 2 is 2.30 bits per heavy atom. The molecule has 0 saturated heterocycles. The van der Waals surface area contributed by atoms with E-state index in [1.54, 1.807) is 6.34 Å². The molecule has 0 aromatic heterocycles. The minimum Gasteiger partial charge on any atom is -0.460 e. The quantitative estimate of drug-likeness (QED) is 0.442. The predicted octanol–water partition coefficient (Wildman–Crippen LogP) is 2.72. The van der Waals surface area contributed by atoms with Gasteiger partial charge in [0.2, 0.25) is 0 Å². The topological polar surface area (TPSA) is 53.9 Å². The molecule has 2 heterocycles. The van der Waals surface area contributed by atoms with Gasteiger partial charge in [-0.05, 0) is 43.4 Å². The van der Waals surface area contributed by atoms with E-state index in [0.29, 0.717) is 18.1 Å². The number of hydrogen-bond donors (Lipinski definition) is 1. The summed E-state index contributed by atoms with van der Waals surface area (Å²) in [6, 6.07) is 0. The highest BCUT2D eigenvalue weighted by Gasteiger charge is 2.32. The van der Waals surface area contributed by atoms with Crippen LogP contribution < -0.4 is 5.32 Å². The third kappa shape index (κ3) is 3.66. The van der Waals surface area contributed by atoms with Crippen molar-refractivity contribution in [2.75, 3.05) is 6.54 Å². The Kier molecular flexibility index (Phi) is 4.63. The number of nitrogens with one attached hydrogen (secondary N) is 1. The van der Waals surface area contributed by atoms with Crippen LogP contribution in [0.2, 0.25) is 0 Å². The van der Waals surface area contributed by atoms with Crippen LogP contribution in [0.1, 0.15) is 27.2 Å². The van der Waals surface area contributed by atoms with Crippen molar-refractivity contribution in [2.24, 2.45) is 4.99 Å². The highest BCUT2D eigenvalue weighted by molar-refractivity contribution is 14.1. The van der Waals surface area contributed by atoms with Gasteiger partial charge >= 0.3 is 5.97 Å². The van der Waals surface area contributed by atoms with Gasteiger partial charge in [0, 0.05) is 21.9 Å². The first kappa shape index (κ1) is 15.6. The summed E-state index contributed by atoms with van der Waals surface area (Å²) in [5.74, 6) is -0.206. The van der Waals surface area contributed by atoms with Crippen LogP contribution in [0.5, 0.6) is 0 Å². The molecular weight excluding hydrogens is 393 g/mol. The fraction of sp³-hybridized carbons (Fsp3) is 0.538. The fourth-order valence-corrected chi connectivity index (χ4v) is 3.31. The molecule has 1 unspecified atom stereocenters. The maximum absolute atomic E-state index is 11.8. The minimum absolute atomic E-state index is 0.141. The van der Waals surface area contributed by atoms with Crippen molar-refractivity contribution < 1.29 is 9.53 Å². The molecule has 0 radical (unpaired) electrons. The van der Waals surface area contributed by atoms with Crippen LogP contribution in [-0.2, 0) is 9.53 Å². The Bertz CT molecular complexity index is 508. The van der Waals surface area contributed by atoms with Crippen LogP contribution in [0.25, 0.3) is 0 Å². The zero-order valence-electron chi connectivity index (χ0n) is 11.6. The minimum atomic E-state index is -0.451. The smallest absolute Gasteiger partial charge is 0.308 e. The van der Waals surface area contributed by atoms with Crippen molar-refractivity contribution in [3.63, 3.8) is 0 Å². The maximum atomic E-state index is 11.8. The summed E-state index contributed by atoms with van der Waals surface area (Å²) in [4.78, 5) is 18.1. The highest BCUT2D eigenvalue weighted by atomic mass is 127. The number of ether oxygens (including phenoxy) is 1. The number of carbonyl (C=O) groups is 1. The van der Waals surface area contributed by atoms with Crippen molar-refractivity contribution in [2.45, 2.75) is 39.0 Å². The summed E-state index contributed by atoms with van der Waals surface area (Å²) in [6.45, 7) is 6.14. The molecule has 0 aromatic carbocycles. The molecule has 0 bridgehead atoms. The van der Waals surface area contributed by atoms with Gasteiger partial charge in [0.25, 0.3) is 0 Å². The molecule has 0 saturated carbocycles. The maximum Gasteiger partial charge on any atom is 0.308 e. The number of nitrogens with zero attached hydrogens (tertiary/aromatic N) is 2. The standard InChI is InChI=1S/C13H17ClIN3O2/c1-13(2,3)20-9(19)4-5-18-6-8(15)10-11(14)16-7-17-12(10)18/h6-7,12H,4-5H2,1-3H3,(H,16,17). The summed E-state index contributed by atoms with van der Waals surface area (Å²) in [5.41, 5.74) is 0.507. The molecule has 110 valence electrons. The van der Waals surface area contributed by atoms with Crippen molar-refractivity contribution in [3.05, 3.63) is 20.5 Å². The zero-order valence-corrected chi connectivity index (χ0v) is 14.5. The van der Waals surface area contributed by atoms with Gasteiger partial charge in [-0.3, -0.25) is 4.79 Å². The SMILES string of the molecule is CC(C)(C)OC(=O)CCN1C=C(I)C2=C(Cl)NC=NC21. The number of fused-ring (bicyclic) bond motifs is 1. The predicted molar refractivity (Wildman–Crippen MR) is 87.6 cm³/mol. The van der Waals surface area contributed by atoms with E-state index in [1.807, 2.05) is 31.9 Å². The number of rotatable bonds is 3. The lowest BCUT2D eigenvalue weighted by atomic mass is 10.2. The molecule has 0 aromatic rings. The molecule has 5 nitrogen and oxygen atoms in total. The van der Waals surface area contributed by atoms with E-state index < -0.39 is 5.60 Å². The number of halogens is 2. The van der Waals surface area contributed by atoms with Crippen LogP contribution in [0.4, 0.5) is 0 Å². The lowest BCUT2D eigenvalue weighted by molar-refractivity contribution is -0.155. The Balaban J connectivity index is 1.97. The average molecular weight is 410 g/mol. The van der Waals surface area contributed by atoms with Gasteiger partial charge < -0.3 is 15.0 Å². The molecular formula is C13H17ClIN3O2. The van der Waals surface area contributed by atoms with Gasteiger partial charge in [0.05, 0.1) is 12.8 Å². The van der Waals surface area contributed by atoms with Gasteiger partial charge in [-0.2, -0.15) is 0 Å². The largest absolute Gasteiger partial charge is 0.460 e. The Morgan fingerprint density at radius 1 is 1.60 bits per heavy atom. The summed E-state index contributed by atoms with van der Waals surface area (Å²) in [7, 11) is 0. The van der Waals surface area contributed by atoms with Crippen molar-refractivity contribution in [3.8, 4) is 0 Å². The lowest BCUT2D eigenvalue weighted by Crippen LogP contribution is -2.34. The molecule has 0 amide bonds. The van der Waals surface area contributed by atoms with E-state index in [1.165, 1.54) is 0 Å². The highest BCUT2D eigenvalue weighted by Crippen LogP contribution is 2.36. The van der Waals surface area contributed by atoms with Crippen LogP contribution in [0.3, 0.4) is 0 Å². The molecule has 2 aliphatic rings. The Labute approximate surface area is 137 Å². The van der Waals surface area contributed by atoms with Crippen molar-refractivity contribution >= 4 is 46.5 Å². The number of carbonyl (C=O) groups excluding carboxylic acids is 1. The van der Waals surface area contributed by atoms with Gasteiger partial charge in [0.1, 0.15) is 10.8 Å². The summed E-state index contributed by atoms with van der Waals surface area (Å²) >= 11 is 8.36. The van der Waals surface area contributed by atoms with Gasteiger partial charge in [0.15, 0.2) is 6.17 Å². The molecule has 0 fully saturated rings. The molecule has 2 rings (SSSR count). The molecule has 1 atom stereocenters. The third-order valence-corrected chi connectivity index (χ3v) is 3.92. The van der Waals surface area contributed by atoms with Crippen LogP contribution in [-0.4, -0.2) is 35.5 Å². The zero-order chi connectivity index (χ0) is 14.9. The number of aliphatic imine (C=N–C) groups is 1. The first-order chi connectivity index (χ1) is 9.28. The Hall–Kier alpha value is -0.760. The van der Waals surface area contributed by atoms with Gasteiger partial charge in [-0.15, -0.1) is 0 Å². The molecule has 20 heavy (non-hydrogen) atoms. The summed E-state index contributed by atoms with van der Waals surface area (Å²) < 4.78 is 6.34. The monoisotopic (exact) mass is 409 g/mol. The second kappa shape index (κ2) is 5.93. The lowest BCUT2D eigenvalue weighted by Gasteiger charge is -2.26. The van der Waals surface area contributed by atoms with Gasteiger partial charge in [-0.25, -0.2) is 4.99 Å². The number of esters is 1. The van der Waals surface area contributed by atoms with E-state index in [0.717, 1.165) is 9.15 Å². The van der Waals surface area contributed by atoms with E-state index in [-0.39, 0.29) is 12.1 Å². The Morgan fingerprint density at radius 3 is 2.95 bits per heavy atom. The first-order valence-electron chi connectivity index (χ1n) is 6.31.